The Kier molecular flexibility index (Phi) is 7.05. The Balaban J connectivity index is 1.60. The van der Waals surface area contributed by atoms with Gasteiger partial charge in [-0.3, -0.25) is 9.36 Å². The van der Waals surface area contributed by atoms with Crippen LogP contribution in [0.5, 0.6) is 5.75 Å². The fourth-order valence-corrected chi connectivity index (χ4v) is 4.23. The molecule has 0 saturated carbocycles. The zero-order valence-corrected chi connectivity index (χ0v) is 19.4. The van der Waals surface area contributed by atoms with Gasteiger partial charge in [0, 0.05) is 27.0 Å². The van der Waals surface area contributed by atoms with Crippen molar-refractivity contribution in [3.05, 3.63) is 89.0 Å². The second-order valence-corrected chi connectivity index (χ2v) is 8.63. The molecule has 0 spiro atoms. The molecule has 3 aromatic carbocycles. The lowest BCUT2D eigenvalue weighted by molar-refractivity contribution is -0.113. The molecule has 0 radical (unpaired) electrons. The molecule has 162 valence electrons. The number of aromatic nitrogens is 2. The number of nitrogens with one attached hydrogen (secondary N) is 1. The van der Waals surface area contributed by atoms with Crippen molar-refractivity contribution in [2.75, 3.05) is 18.2 Å². The standard InChI is InChI=1S/C24H19Cl2N3O2S/c1-31-21-11-5-16(6-12-21)22-14-27-24(29(22)20-4-2-3-18(26)13-20)32-15-23(30)28-19-9-7-17(25)8-10-19/h2-14H,15H2,1H3,(H,28,30). The van der Waals surface area contributed by atoms with Crippen LogP contribution in [0.1, 0.15) is 0 Å². The van der Waals surface area contributed by atoms with Crippen molar-refractivity contribution in [2.45, 2.75) is 5.16 Å². The third-order valence-corrected chi connectivity index (χ3v) is 6.08. The van der Waals surface area contributed by atoms with E-state index in [1.807, 2.05) is 53.1 Å². The van der Waals surface area contributed by atoms with Crippen LogP contribution < -0.4 is 10.1 Å². The third kappa shape index (κ3) is 5.27. The number of hydrogen-bond acceptors (Lipinski definition) is 4. The van der Waals surface area contributed by atoms with E-state index >= 15 is 0 Å². The van der Waals surface area contributed by atoms with E-state index in [-0.39, 0.29) is 11.7 Å². The molecule has 0 aliphatic carbocycles. The largest absolute Gasteiger partial charge is 0.497 e. The fraction of sp³-hybridized carbons (Fsp3) is 0.0833. The number of amides is 1. The Labute approximate surface area is 200 Å². The number of carbonyl (C=O) groups is 1. The van der Waals surface area contributed by atoms with Crippen molar-refractivity contribution in [2.24, 2.45) is 0 Å². The summed E-state index contributed by atoms with van der Waals surface area (Å²) >= 11 is 13.5. The van der Waals surface area contributed by atoms with Crippen LogP contribution in [0, 0.1) is 0 Å². The average Bonchev–Trinajstić information content (AvgIpc) is 3.23. The van der Waals surface area contributed by atoms with Crippen LogP contribution in [0.15, 0.2) is 84.1 Å². The van der Waals surface area contributed by atoms with Gasteiger partial charge in [0.1, 0.15) is 5.75 Å². The van der Waals surface area contributed by atoms with Gasteiger partial charge in [-0.15, -0.1) is 0 Å². The number of hydrogen-bond donors (Lipinski definition) is 1. The van der Waals surface area contributed by atoms with E-state index in [2.05, 4.69) is 10.3 Å². The van der Waals surface area contributed by atoms with Crippen LogP contribution >= 0.6 is 35.0 Å². The number of anilines is 1. The number of thioether (sulfide) groups is 1. The molecule has 1 heterocycles. The minimum Gasteiger partial charge on any atom is -0.497 e. The van der Waals surface area contributed by atoms with Gasteiger partial charge < -0.3 is 10.1 Å². The van der Waals surface area contributed by atoms with Crippen LogP contribution in [-0.4, -0.2) is 28.3 Å². The zero-order valence-electron chi connectivity index (χ0n) is 17.1. The molecule has 0 atom stereocenters. The smallest absolute Gasteiger partial charge is 0.234 e. The minimum atomic E-state index is -0.135. The molecule has 1 amide bonds. The first-order valence-corrected chi connectivity index (χ1v) is 11.4. The number of benzene rings is 3. The molecule has 0 fully saturated rings. The summed E-state index contributed by atoms with van der Waals surface area (Å²) in [4.78, 5) is 17.1. The Morgan fingerprint density at radius 2 is 1.78 bits per heavy atom. The summed E-state index contributed by atoms with van der Waals surface area (Å²) in [5.74, 6) is 0.836. The Morgan fingerprint density at radius 1 is 1.03 bits per heavy atom. The summed E-state index contributed by atoms with van der Waals surface area (Å²) in [7, 11) is 1.63. The van der Waals surface area contributed by atoms with Crippen LogP contribution in [0.2, 0.25) is 10.0 Å². The Hall–Kier alpha value is -2.93. The van der Waals surface area contributed by atoms with Crippen LogP contribution in [0.4, 0.5) is 5.69 Å². The van der Waals surface area contributed by atoms with Gasteiger partial charge in [0.2, 0.25) is 5.91 Å². The second kappa shape index (κ2) is 10.1. The first-order chi connectivity index (χ1) is 15.5. The lowest BCUT2D eigenvalue weighted by atomic mass is 10.1. The molecule has 5 nitrogen and oxygen atoms in total. The van der Waals surface area contributed by atoms with Crippen molar-refractivity contribution < 1.29 is 9.53 Å². The van der Waals surface area contributed by atoms with Gasteiger partial charge in [-0.05, 0) is 66.7 Å². The van der Waals surface area contributed by atoms with E-state index < -0.39 is 0 Å². The monoisotopic (exact) mass is 483 g/mol. The minimum absolute atomic E-state index is 0.135. The maximum atomic E-state index is 12.5. The number of nitrogens with zero attached hydrogens (tertiary/aromatic N) is 2. The van der Waals surface area contributed by atoms with Crippen molar-refractivity contribution in [3.63, 3.8) is 0 Å². The van der Waals surface area contributed by atoms with E-state index in [9.17, 15) is 4.79 Å². The highest BCUT2D eigenvalue weighted by Gasteiger charge is 2.16. The summed E-state index contributed by atoms with van der Waals surface area (Å²) < 4.78 is 7.26. The van der Waals surface area contributed by atoms with Crippen molar-refractivity contribution in [1.29, 1.82) is 0 Å². The molecule has 0 unspecified atom stereocenters. The lowest BCUT2D eigenvalue weighted by Gasteiger charge is -2.13. The van der Waals surface area contributed by atoms with Crippen LogP contribution in [0.3, 0.4) is 0 Å². The highest BCUT2D eigenvalue weighted by molar-refractivity contribution is 7.99. The quantitative estimate of drug-likeness (QED) is 0.301. The number of imidazole rings is 1. The summed E-state index contributed by atoms with van der Waals surface area (Å²) in [6, 6.07) is 22.3. The number of halogens is 2. The van der Waals surface area contributed by atoms with E-state index in [4.69, 9.17) is 27.9 Å². The number of carbonyl (C=O) groups excluding carboxylic acids is 1. The summed E-state index contributed by atoms with van der Waals surface area (Å²) in [6.45, 7) is 0. The molecule has 0 bridgehead atoms. The third-order valence-electron chi connectivity index (χ3n) is 4.64. The number of rotatable bonds is 7. The normalized spacial score (nSPS) is 10.7. The van der Waals surface area contributed by atoms with Crippen molar-refractivity contribution in [3.8, 4) is 22.7 Å². The van der Waals surface area contributed by atoms with Crippen LogP contribution in [-0.2, 0) is 4.79 Å². The Bertz CT molecular complexity index is 1220. The topological polar surface area (TPSA) is 56.1 Å². The SMILES string of the molecule is COc1ccc(-c2cnc(SCC(=O)Nc3ccc(Cl)cc3)n2-c2cccc(Cl)c2)cc1. The molecule has 4 rings (SSSR count). The molecule has 1 N–H and O–H groups in total. The molecule has 1 aromatic heterocycles. The molecular weight excluding hydrogens is 465 g/mol. The summed E-state index contributed by atoms with van der Waals surface area (Å²) in [6.07, 6.45) is 1.79. The van der Waals surface area contributed by atoms with E-state index in [1.54, 1.807) is 37.6 Å². The maximum absolute atomic E-state index is 12.5. The molecule has 0 saturated heterocycles. The van der Waals surface area contributed by atoms with E-state index in [0.29, 0.717) is 20.9 Å². The molecule has 0 aliphatic heterocycles. The number of methoxy groups -OCH3 is 1. The fourth-order valence-electron chi connectivity index (χ4n) is 3.13. The average molecular weight is 484 g/mol. The number of ether oxygens (including phenoxy) is 1. The lowest BCUT2D eigenvalue weighted by Crippen LogP contribution is -2.14. The van der Waals surface area contributed by atoms with Gasteiger partial charge in [0.25, 0.3) is 0 Å². The van der Waals surface area contributed by atoms with Crippen molar-refractivity contribution in [1.82, 2.24) is 9.55 Å². The van der Waals surface area contributed by atoms with Gasteiger partial charge in [0.05, 0.1) is 24.8 Å². The van der Waals surface area contributed by atoms with Gasteiger partial charge in [-0.25, -0.2) is 4.98 Å². The predicted octanol–water partition coefficient (Wildman–Crippen LogP) is 6.59. The molecular formula is C24H19Cl2N3O2S. The van der Waals surface area contributed by atoms with Gasteiger partial charge in [-0.2, -0.15) is 0 Å². The van der Waals surface area contributed by atoms with Crippen molar-refractivity contribution >= 4 is 46.6 Å². The highest BCUT2D eigenvalue weighted by atomic mass is 35.5. The van der Waals surface area contributed by atoms with Crippen LogP contribution in [0.25, 0.3) is 16.9 Å². The summed E-state index contributed by atoms with van der Waals surface area (Å²) in [5, 5.41) is 4.79. The highest BCUT2D eigenvalue weighted by Crippen LogP contribution is 2.31. The van der Waals surface area contributed by atoms with E-state index in [0.717, 1.165) is 22.7 Å². The maximum Gasteiger partial charge on any atom is 0.234 e. The zero-order chi connectivity index (χ0) is 22.5. The molecule has 0 aliphatic rings. The van der Waals surface area contributed by atoms with Gasteiger partial charge in [0.15, 0.2) is 5.16 Å². The molecule has 32 heavy (non-hydrogen) atoms. The van der Waals surface area contributed by atoms with E-state index in [1.165, 1.54) is 11.8 Å². The molecule has 4 aromatic rings. The summed E-state index contributed by atoms with van der Waals surface area (Å²) in [5.41, 5.74) is 3.41. The second-order valence-electron chi connectivity index (χ2n) is 6.81. The first kappa shape index (κ1) is 22.3. The van der Waals surface area contributed by atoms with Gasteiger partial charge in [-0.1, -0.05) is 41.0 Å². The van der Waals surface area contributed by atoms with Gasteiger partial charge >= 0.3 is 0 Å². The predicted molar refractivity (Wildman–Crippen MR) is 131 cm³/mol. The first-order valence-electron chi connectivity index (χ1n) is 9.70. The Morgan fingerprint density at radius 3 is 2.47 bits per heavy atom. The molecule has 8 heteroatoms.